The molecule has 11 heavy (non-hydrogen) atoms. The van der Waals surface area contributed by atoms with Crippen molar-refractivity contribution in [1.82, 2.24) is 0 Å². The van der Waals surface area contributed by atoms with Gasteiger partial charge in [-0.2, -0.15) is 0 Å². The van der Waals surface area contributed by atoms with E-state index in [4.69, 9.17) is 21.8 Å². The Hall–Kier alpha value is 0.230. The van der Waals surface area contributed by atoms with Crippen molar-refractivity contribution in [2.45, 2.75) is 6.42 Å². The molecule has 0 radical (unpaired) electrons. The van der Waals surface area contributed by atoms with Gasteiger partial charge in [-0.15, -0.1) is 11.6 Å². The van der Waals surface area contributed by atoms with Gasteiger partial charge in [-0.1, -0.05) is 0 Å². The molecular formula is C5H8ClNaO4. The van der Waals surface area contributed by atoms with Crippen LogP contribution in [0.1, 0.15) is 6.42 Å². The molecule has 0 amide bonds. The van der Waals surface area contributed by atoms with E-state index in [9.17, 15) is 9.59 Å². The molecule has 0 heterocycles. The monoisotopic (exact) mass is 190 g/mol. The normalized spacial score (nSPS) is 11.4. The Labute approximate surface area is 90.8 Å². The number of carbonyl (C=O) groups is 2. The van der Waals surface area contributed by atoms with Crippen molar-refractivity contribution in [3.63, 3.8) is 0 Å². The third-order valence-electron chi connectivity index (χ3n) is 0.957. The standard InChI is InChI=1S/C5H7ClO4.Na.H/c6-2-3(5(9)10)1-4(7)8;;/h3H,1-2H2,(H,7,8)(H,9,10);;. The number of carboxylic acids is 2. The SMILES string of the molecule is O=C(O)CC(CCl)C(=O)O.[NaH]. The van der Waals surface area contributed by atoms with Crippen molar-refractivity contribution in [1.29, 1.82) is 0 Å². The molecule has 2 N–H and O–H groups in total. The van der Waals surface area contributed by atoms with E-state index in [0.717, 1.165) is 0 Å². The van der Waals surface area contributed by atoms with Gasteiger partial charge in [-0.05, 0) is 0 Å². The van der Waals surface area contributed by atoms with Crippen molar-refractivity contribution in [2.24, 2.45) is 5.92 Å². The molecule has 60 valence electrons. The maximum atomic E-state index is 10.1. The predicted molar refractivity (Wildman–Crippen MR) is 41.2 cm³/mol. The molecular weight excluding hydrogens is 182 g/mol. The summed E-state index contributed by atoms with van der Waals surface area (Å²) in [6.07, 6.45) is -0.418. The van der Waals surface area contributed by atoms with Gasteiger partial charge >= 0.3 is 41.5 Å². The van der Waals surface area contributed by atoms with Gasteiger partial charge < -0.3 is 10.2 Å². The minimum absolute atomic E-state index is 0. The van der Waals surface area contributed by atoms with E-state index in [2.05, 4.69) is 0 Å². The molecule has 0 aliphatic carbocycles. The molecule has 0 rings (SSSR count). The van der Waals surface area contributed by atoms with Crippen LogP contribution in [0.4, 0.5) is 0 Å². The molecule has 6 heteroatoms. The summed E-state index contributed by atoms with van der Waals surface area (Å²) < 4.78 is 0. The molecule has 0 aliphatic rings. The zero-order valence-electron chi connectivity index (χ0n) is 5.08. The van der Waals surface area contributed by atoms with Crippen LogP contribution >= 0.6 is 11.6 Å². The molecule has 0 saturated carbocycles. The van der Waals surface area contributed by atoms with Gasteiger partial charge in [-0.3, -0.25) is 9.59 Å². The molecule has 4 nitrogen and oxygen atoms in total. The average molecular weight is 191 g/mol. The number of alkyl halides is 1. The molecule has 1 unspecified atom stereocenters. The van der Waals surface area contributed by atoms with Crippen LogP contribution in [0.5, 0.6) is 0 Å². The Balaban J connectivity index is 0. The van der Waals surface area contributed by atoms with E-state index in [1.807, 2.05) is 0 Å². The first kappa shape index (κ1) is 13.8. The first-order valence-electron chi connectivity index (χ1n) is 2.58. The Kier molecular flexibility index (Phi) is 8.67. The van der Waals surface area contributed by atoms with Crippen molar-refractivity contribution in [3.8, 4) is 0 Å². The van der Waals surface area contributed by atoms with Crippen LogP contribution in [0, 0.1) is 5.92 Å². The zero-order valence-corrected chi connectivity index (χ0v) is 5.84. The van der Waals surface area contributed by atoms with Crippen LogP contribution in [-0.4, -0.2) is 57.6 Å². The molecule has 0 bridgehead atoms. The second-order valence-corrected chi connectivity index (χ2v) is 2.10. The molecule has 0 saturated heterocycles. The first-order chi connectivity index (χ1) is 4.57. The van der Waals surface area contributed by atoms with Gasteiger partial charge in [0.15, 0.2) is 0 Å². The van der Waals surface area contributed by atoms with Crippen LogP contribution < -0.4 is 0 Å². The fourth-order valence-corrected chi connectivity index (χ4v) is 0.660. The van der Waals surface area contributed by atoms with Gasteiger partial charge in [0.25, 0.3) is 0 Å². The Morgan fingerprint density at radius 3 is 1.91 bits per heavy atom. The molecule has 0 aromatic rings. The van der Waals surface area contributed by atoms with Crippen LogP contribution in [0.3, 0.4) is 0 Å². The van der Waals surface area contributed by atoms with Gasteiger partial charge in [0.05, 0.1) is 12.3 Å². The van der Waals surface area contributed by atoms with E-state index < -0.39 is 24.3 Å². The number of rotatable bonds is 4. The van der Waals surface area contributed by atoms with E-state index in [-0.39, 0.29) is 35.4 Å². The average Bonchev–Trinajstić information content (AvgIpc) is 1.81. The van der Waals surface area contributed by atoms with E-state index in [1.54, 1.807) is 0 Å². The van der Waals surface area contributed by atoms with Crippen molar-refractivity contribution >= 4 is 53.1 Å². The summed E-state index contributed by atoms with van der Waals surface area (Å²) in [7, 11) is 0. The van der Waals surface area contributed by atoms with E-state index in [0.29, 0.717) is 0 Å². The predicted octanol–water partition coefficient (Wildman–Crippen LogP) is -0.248. The van der Waals surface area contributed by atoms with Crippen LogP contribution in [0.25, 0.3) is 0 Å². The molecule has 0 aromatic carbocycles. The number of carboxylic acid groups (broad SMARTS) is 2. The summed E-state index contributed by atoms with van der Waals surface area (Å²) in [6.45, 7) is 0. The summed E-state index contributed by atoms with van der Waals surface area (Å²) in [4.78, 5) is 20.1. The number of hydrogen-bond acceptors (Lipinski definition) is 2. The fourth-order valence-electron chi connectivity index (χ4n) is 0.419. The molecule has 0 aliphatic heterocycles. The maximum absolute atomic E-state index is 10.1. The Morgan fingerprint density at radius 2 is 1.82 bits per heavy atom. The third-order valence-corrected chi connectivity index (χ3v) is 1.33. The summed E-state index contributed by atoms with van der Waals surface area (Å²) in [5.41, 5.74) is 0. The van der Waals surface area contributed by atoms with Crippen LogP contribution in [-0.2, 0) is 9.59 Å². The first-order valence-corrected chi connectivity index (χ1v) is 3.12. The molecule has 1 atom stereocenters. The topological polar surface area (TPSA) is 74.6 Å². The molecule has 0 spiro atoms. The van der Waals surface area contributed by atoms with Crippen molar-refractivity contribution in [3.05, 3.63) is 0 Å². The summed E-state index contributed by atoms with van der Waals surface area (Å²) in [5.74, 6) is -3.45. The number of hydrogen-bond donors (Lipinski definition) is 2. The quantitative estimate of drug-likeness (QED) is 0.474. The van der Waals surface area contributed by atoms with Gasteiger partial charge in [0, 0.05) is 5.88 Å². The van der Waals surface area contributed by atoms with Gasteiger partial charge in [0.2, 0.25) is 0 Å². The number of halogens is 1. The van der Waals surface area contributed by atoms with E-state index >= 15 is 0 Å². The summed E-state index contributed by atoms with van der Waals surface area (Å²) in [5, 5.41) is 16.4. The van der Waals surface area contributed by atoms with E-state index in [1.165, 1.54) is 0 Å². The second kappa shape index (κ2) is 6.91. The third kappa shape index (κ3) is 6.62. The summed E-state index contributed by atoms with van der Waals surface area (Å²) >= 11 is 5.16. The minimum atomic E-state index is -1.17. The Bertz CT molecular complexity index is 149. The molecule has 0 aromatic heterocycles. The van der Waals surface area contributed by atoms with Crippen molar-refractivity contribution in [2.75, 3.05) is 5.88 Å². The zero-order chi connectivity index (χ0) is 8.15. The van der Waals surface area contributed by atoms with Crippen LogP contribution in [0.15, 0.2) is 0 Å². The van der Waals surface area contributed by atoms with Gasteiger partial charge in [0.1, 0.15) is 0 Å². The summed E-state index contributed by atoms with van der Waals surface area (Å²) in [6, 6.07) is 0. The molecule has 0 fully saturated rings. The fraction of sp³-hybridized carbons (Fsp3) is 0.600. The van der Waals surface area contributed by atoms with Gasteiger partial charge in [-0.25, -0.2) is 0 Å². The Morgan fingerprint density at radius 1 is 1.36 bits per heavy atom. The number of aliphatic carboxylic acids is 2. The van der Waals surface area contributed by atoms with Crippen molar-refractivity contribution < 1.29 is 19.8 Å². The van der Waals surface area contributed by atoms with Crippen LogP contribution in [0.2, 0.25) is 0 Å². The second-order valence-electron chi connectivity index (χ2n) is 1.79.